The van der Waals surface area contributed by atoms with E-state index in [1.807, 2.05) is 6.92 Å². The van der Waals surface area contributed by atoms with Gasteiger partial charge in [0.15, 0.2) is 0 Å². The maximum absolute atomic E-state index is 10.7. The van der Waals surface area contributed by atoms with Gasteiger partial charge < -0.3 is 9.84 Å². The molecule has 132 valence electrons. The number of nitro groups is 1. The molecule has 0 radical (unpaired) electrons. The number of aromatic hydroxyl groups is 1. The molecular formula is C18H21N3O4. The molecule has 0 atom stereocenters. The molecule has 0 saturated carbocycles. The smallest absolute Gasteiger partial charge is 0.269 e. The molecule has 0 amide bonds. The van der Waals surface area contributed by atoms with Crippen LogP contribution in [0.1, 0.15) is 24.2 Å². The number of non-ortho nitro benzene ring substituents is 1. The molecule has 1 aliphatic heterocycles. The van der Waals surface area contributed by atoms with Crippen LogP contribution in [0, 0.1) is 17.0 Å². The lowest BCUT2D eigenvalue weighted by Crippen LogP contribution is -2.38. The summed E-state index contributed by atoms with van der Waals surface area (Å²) in [5.74, 6) is 0.886. The van der Waals surface area contributed by atoms with Crippen LogP contribution in [0.5, 0.6) is 11.5 Å². The molecular weight excluding hydrogens is 322 g/mol. The first-order chi connectivity index (χ1) is 12.0. The molecule has 7 nitrogen and oxygen atoms in total. The Morgan fingerprint density at radius 1 is 1.24 bits per heavy atom. The maximum atomic E-state index is 10.7. The Bertz CT molecular complexity index is 740. The van der Waals surface area contributed by atoms with Gasteiger partial charge in [-0.3, -0.25) is 20.0 Å². The number of hydrogen-bond donors (Lipinski definition) is 1. The van der Waals surface area contributed by atoms with Gasteiger partial charge in [0.1, 0.15) is 17.6 Å². The van der Waals surface area contributed by atoms with Crippen molar-refractivity contribution in [3.05, 3.63) is 57.9 Å². The van der Waals surface area contributed by atoms with Crippen LogP contribution in [0.2, 0.25) is 0 Å². The zero-order valence-corrected chi connectivity index (χ0v) is 14.1. The van der Waals surface area contributed by atoms with Gasteiger partial charge in [0.05, 0.1) is 10.6 Å². The van der Waals surface area contributed by atoms with Gasteiger partial charge in [0, 0.05) is 37.5 Å². The van der Waals surface area contributed by atoms with Gasteiger partial charge in [-0.15, -0.1) is 0 Å². The number of nitrogens with zero attached hydrogens (tertiary/aromatic N) is 3. The third-order valence-electron chi connectivity index (χ3n) is 4.35. The fourth-order valence-corrected chi connectivity index (χ4v) is 2.96. The Morgan fingerprint density at radius 2 is 1.92 bits per heavy atom. The lowest BCUT2D eigenvalue weighted by molar-refractivity contribution is -0.384. The summed E-state index contributed by atoms with van der Waals surface area (Å²) in [5.41, 5.74) is 1.66. The van der Waals surface area contributed by atoms with Gasteiger partial charge in [-0.25, -0.2) is 0 Å². The normalized spacial score (nSPS) is 15.9. The second-order valence-electron chi connectivity index (χ2n) is 6.26. The minimum absolute atomic E-state index is 0.0626. The third-order valence-corrected chi connectivity index (χ3v) is 4.35. The number of aromatic nitrogens is 1. The summed E-state index contributed by atoms with van der Waals surface area (Å²) < 4.78 is 5.92. The van der Waals surface area contributed by atoms with E-state index in [1.165, 1.54) is 12.1 Å². The summed E-state index contributed by atoms with van der Waals surface area (Å²) >= 11 is 0. The molecule has 1 fully saturated rings. The average molecular weight is 343 g/mol. The summed E-state index contributed by atoms with van der Waals surface area (Å²) in [6.07, 6.45) is 1.82. The number of rotatable bonds is 5. The predicted molar refractivity (Wildman–Crippen MR) is 92.7 cm³/mol. The molecule has 3 rings (SSSR count). The third kappa shape index (κ3) is 4.45. The summed E-state index contributed by atoms with van der Waals surface area (Å²) in [7, 11) is 0. The minimum Gasteiger partial charge on any atom is -0.506 e. The minimum atomic E-state index is -0.420. The molecule has 1 saturated heterocycles. The number of ether oxygens (including phenoxy) is 1. The summed E-state index contributed by atoms with van der Waals surface area (Å²) in [6.45, 7) is 4.24. The van der Waals surface area contributed by atoms with Crippen molar-refractivity contribution < 1.29 is 14.8 Å². The molecule has 0 unspecified atom stereocenters. The number of piperidine rings is 1. The Balaban J connectivity index is 1.51. The van der Waals surface area contributed by atoms with Crippen molar-refractivity contribution in [3.63, 3.8) is 0 Å². The highest BCUT2D eigenvalue weighted by molar-refractivity contribution is 5.36. The van der Waals surface area contributed by atoms with E-state index in [2.05, 4.69) is 9.88 Å². The van der Waals surface area contributed by atoms with Gasteiger partial charge in [0.2, 0.25) is 0 Å². The molecule has 0 bridgehead atoms. The SMILES string of the molecule is Cc1ccc(O)c(CN2CCC(Oc3ccc([N+](=O)[O-])cc3)CC2)n1. The molecule has 0 aliphatic carbocycles. The Labute approximate surface area is 146 Å². The van der Waals surface area contributed by atoms with Crippen molar-refractivity contribution in [1.29, 1.82) is 0 Å². The first kappa shape index (κ1) is 17.2. The van der Waals surface area contributed by atoms with E-state index in [9.17, 15) is 15.2 Å². The standard InChI is InChI=1S/C18H21N3O4/c1-13-2-7-18(22)17(19-13)12-20-10-8-16(9-11-20)25-15-5-3-14(4-6-15)21(23)24/h2-7,16,22H,8-12H2,1H3. The number of hydrogen-bond acceptors (Lipinski definition) is 6. The highest BCUT2D eigenvalue weighted by atomic mass is 16.6. The van der Waals surface area contributed by atoms with E-state index < -0.39 is 4.92 Å². The van der Waals surface area contributed by atoms with Crippen LogP contribution >= 0.6 is 0 Å². The molecule has 7 heteroatoms. The molecule has 2 aromatic rings. The Morgan fingerprint density at radius 3 is 2.56 bits per heavy atom. The lowest BCUT2D eigenvalue weighted by atomic mass is 10.1. The molecule has 1 aromatic carbocycles. The zero-order valence-electron chi connectivity index (χ0n) is 14.1. The summed E-state index contributed by atoms with van der Waals surface area (Å²) in [4.78, 5) is 16.9. The summed E-state index contributed by atoms with van der Waals surface area (Å²) in [6, 6.07) is 9.66. The molecule has 1 aliphatic rings. The molecule has 0 spiro atoms. The second kappa shape index (κ2) is 7.48. The van der Waals surface area contributed by atoms with Crippen molar-refractivity contribution in [2.75, 3.05) is 13.1 Å². The second-order valence-corrected chi connectivity index (χ2v) is 6.26. The van der Waals surface area contributed by atoms with Crippen molar-refractivity contribution >= 4 is 5.69 Å². The van der Waals surface area contributed by atoms with Crippen molar-refractivity contribution in [2.24, 2.45) is 0 Å². The van der Waals surface area contributed by atoms with E-state index in [0.717, 1.165) is 31.6 Å². The van der Waals surface area contributed by atoms with Gasteiger partial charge in [-0.2, -0.15) is 0 Å². The first-order valence-electron chi connectivity index (χ1n) is 8.30. The molecule has 1 N–H and O–H groups in total. The van der Waals surface area contributed by atoms with E-state index in [1.54, 1.807) is 24.3 Å². The van der Waals surface area contributed by atoms with Gasteiger partial charge in [0.25, 0.3) is 5.69 Å². The van der Waals surface area contributed by atoms with Crippen molar-refractivity contribution in [1.82, 2.24) is 9.88 Å². The highest BCUT2D eigenvalue weighted by Gasteiger charge is 2.22. The quantitative estimate of drug-likeness (QED) is 0.663. The zero-order chi connectivity index (χ0) is 17.8. The van der Waals surface area contributed by atoms with Gasteiger partial charge >= 0.3 is 0 Å². The van der Waals surface area contributed by atoms with E-state index in [4.69, 9.17) is 4.74 Å². The Hall–Kier alpha value is -2.67. The van der Waals surface area contributed by atoms with Crippen LogP contribution in [0.3, 0.4) is 0 Å². The Kier molecular flexibility index (Phi) is 5.14. The average Bonchev–Trinajstić information content (AvgIpc) is 2.60. The van der Waals surface area contributed by atoms with Crippen molar-refractivity contribution in [3.8, 4) is 11.5 Å². The van der Waals surface area contributed by atoms with Crippen LogP contribution < -0.4 is 4.74 Å². The first-order valence-corrected chi connectivity index (χ1v) is 8.30. The topological polar surface area (TPSA) is 88.7 Å². The van der Waals surface area contributed by atoms with Gasteiger partial charge in [-0.05, 0) is 44.0 Å². The van der Waals surface area contributed by atoms with Gasteiger partial charge in [-0.1, -0.05) is 0 Å². The summed E-state index contributed by atoms with van der Waals surface area (Å²) in [5, 5.41) is 20.6. The molecule has 2 heterocycles. The van der Waals surface area contributed by atoms with Crippen LogP contribution in [-0.2, 0) is 6.54 Å². The van der Waals surface area contributed by atoms with Crippen LogP contribution in [0.25, 0.3) is 0 Å². The fourth-order valence-electron chi connectivity index (χ4n) is 2.96. The number of aryl methyl sites for hydroxylation is 1. The van der Waals surface area contributed by atoms with E-state index in [0.29, 0.717) is 18.0 Å². The molecule has 25 heavy (non-hydrogen) atoms. The van der Waals surface area contributed by atoms with Crippen LogP contribution in [0.4, 0.5) is 5.69 Å². The number of nitro benzene ring substituents is 1. The largest absolute Gasteiger partial charge is 0.506 e. The number of likely N-dealkylation sites (tertiary alicyclic amines) is 1. The van der Waals surface area contributed by atoms with Crippen LogP contribution in [0.15, 0.2) is 36.4 Å². The predicted octanol–water partition coefficient (Wildman–Crippen LogP) is 3.05. The maximum Gasteiger partial charge on any atom is 0.269 e. The lowest BCUT2D eigenvalue weighted by Gasteiger charge is -2.32. The highest BCUT2D eigenvalue weighted by Crippen LogP contribution is 2.23. The van der Waals surface area contributed by atoms with Crippen LogP contribution in [-0.4, -0.2) is 39.1 Å². The number of pyridine rings is 1. The number of benzene rings is 1. The van der Waals surface area contributed by atoms with E-state index in [-0.39, 0.29) is 17.5 Å². The van der Waals surface area contributed by atoms with Crippen molar-refractivity contribution in [2.45, 2.75) is 32.4 Å². The monoisotopic (exact) mass is 343 g/mol. The van der Waals surface area contributed by atoms with E-state index >= 15 is 0 Å². The fraction of sp³-hybridized carbons (Fsp3) is 0.389. The molecule has 1 aromatic heterocycles.